The van der Waals surface area contributed by atoms with Gasteiger partial charge < -0.3 is 19.1 Å². The standard InChI is InChI=1S/C27H29N3O5/c1-33-22-7-5-6-19(13-22)24(14-26(31)34-2)29-16-20-12-18(9-10-23(20)27(29)32)21-15-28-30(17-21)25-8-3-4-11-35-25/h5-7,9-10,12-13,15,17,24-25H,3-4,8,11,14,16H2,1-2H3. The van der Waals surface area contributed by atoms with E-state index in [2.05, 4.69) is 5.10 Å². The number of aromatic nitrogens is 2. The van der Waals surface area contributed by atoms with Crippen LogP contribution in [0, 0.1) is 0 Å². The second kappa shape index (κ2) is 9.92. The van der Waals surface area contributed by atoms with E-state index in [0.717, 1.165) is 48.1 Å². The number of carbonyl (C=O) groups is 2. The van der Waals surface area contributed by atoms with Crippen molar-refractivity contribution in [2.45, 2.75) is 44.5 Å². The zero-order chi connectivity index (χ0) is 24.4. The molecule has 3 heterocycles. The number of hydrogen-bond donors (Lipinski definition) is 0. The van der Waals surface area contributed by atoms with Crippen molar-refractivity contribution in [3.63, 3.8) is 0 Å². The fourth-order valence-corrected chi connectivity index (χ4v) is 4.85. The number of benzene rings is 2. The van der Waals surface area contributed by atoms with Crippen molar-refractivity contribution in [1.29, 1.82) is 0 Å². The lowest BCUT2D eigenvalue weighted by atomic mass is 10.0. The molecule has 35 heavy (non-hydrogen) atoms. The molecule has 2 aliphatic rings. The zero-order valence-corrected chi connectivity index (χ0v) is 20.0. The van der Waals surface area contributed by atoms with Crippen LogP contribution >= 0.6 is 0 Å². The maximum atomic E-state index is 13.4. The van der Waals surface area contributed by atoms with E-state index < -0.39 is 6.04 Å². The number of ether oxygens (including phenoxy) is 3. The molecule has 182 valence electrons. The first-order valence-corrected chi connectivity index (χ1v) is 11.9. The second-order valence-electron chi connectivity index (χ2n) is 8.91. The highest BCUT2D eigenvalue weighted by molar-refractivity contribution is 5.99. The van der Waals surface area contributed by atoms with Crippen LogP contribution in [0.25, 0.3) is 11.1 Å². The van der Waals surface area contributed by atoms with Gasteiger partial charge in [0.2, 0.25) is 0 Å². The summed E-state index contributed by atoms with van der Waals surface area (Å²) < 4.78 is 18.0. The van der Waals surface area contributed by atoms with E-state index in [9.17, 15) is 9.59 Å². The Balaban J connectivity index is 1.41. The molecule has 3 aromatic rings. The average Bonchev–Trinajstić information content (AvgIpc) is 3.52. The maximum Gasteiger partial charge on any atom is 0.307 e. The summed E-state index contributed by atoms with van der Waals surface area (Å²) in [5.41, 5.74) is 4.37. The van der Waals surface area contributed by atoms with Gasteiger partial charge in [0.05, 0.1) is 32.9 Å². The molecule has 8 nitrogen and oxygen atoms in total. The van der Waals surface area contributed by atoms with Crippen molar-refractivity contribution >= 4 is 11.9 Å². The van der Waals surface area contributed by atoms with Crippen molar-refractivity contribution in [2.24, 2.45) is 0 Å². The number of fused-ring (bicyclic) bond motifs is 1. The van der Waals surface area contributed by atoms with Gasteiger partial charge >= 0.3 is 5.97 Å². The largest absolute Gasteiger partial charge is 0.497 e. The van der Waals surface area contributed by atoms with E-state index in [1.807, 2.05) is 59.5 Å². The lowest BCUT2D eigenvalue weighted by Crippen LogP contribution is -2.31. The van der Waals surface area contributed by atoms with E-state index in [0.29, 0.717) is 17.9 Å². The number of methoxy groups -OCH3 is 2. The van der Waals surface area contributed by atoms with Gasteiger partial charge in [-0.25, -0.2) is 4.68 Å². The summed E-state index contributed by atoms with van der Waals surface area (Å²) in [6.07, 6.45) is 7.06. The molecular formula is C27H29N3O5. The summed E-state index contributed by atoms with van der Waals surface area (Å²) in [6, 6.07) is 12.8. The van der Waals surface area contributed by atoms with Gasteiger partial charge in [-0.3, -0.25) is 9.59 Å². The fraction of sp³-hybridized carbons (Fsp3) is 0.370. The van der Waals surface area contributed by atoms with Gasteiger partial charge in [0.15, 0.2) is 0 Å². The number of carbonyl (C=O) groups excluding carboxylic acids is 2. The van der Waals surface area contributed by atoms with Crippen LogP contribution in [-0.4, -0.2) is 47.4 Å². The van der Waals surface area contributed by atoms with Crippen molar-refractivity contribution in [3.8, 4) is 16.9 Å². The molecule has 0 N–H and O–H groups in total. The van der Waals surface area contributed by atoms with E-state index >= 15 is 0 Å². The van der Waals surface area contributed by atoms with E-state index in [1.54, 1.807) is 12.0 Å². The van der Waals surface area contributed by atoms with Gasteiger partial charge in [-0.05, 0) is 60.2 Å². The predicted molar refractivity (Wildman–Crippen MR) is 129 cm³/mol. The molecule has 0 saturated carbocycles. The summed E-state index contributed by atoms with van der Waals surface area (Å²) in [6.45, 7) is 1.16. The minimum absolute atomic E-state index is 0.0223. The predicted octanol–water partition coefficient (Wildman–Crippen LogP) is 4.52. The van der Waals surface area contributed by atoms with Crippen LogP contribution < -0.4 is 4.74 Å². The minimum atomic E-state index is -0.466. The van der Waals surface area contributed by atoms with Crippen molar-refractivity contribution < 1.29 is 23.8 Å². The molecule has 5 rings (SSSR count). The lowest BCUT2D eigenvalue weighted by Gasteiger charge is -2.27. The Labute approximate surface area is 204 Å². The van der Waals surface area contributed by atoms with Crippen molar-refractivity contribution in [2.75, 3.05) is 20.8 Å². The Morgan fingerprint density at radius 3 is 2.83 bits per heavy atom. The average molecular weight is 476 g/mol. The number of hydrogen-bond acceptors (Lipinski definition) is 6. The zero-order valence-electron chi connectivity index (χ0n) is 20.0. The van der Waals surface area contributed by atoms with Crippen LogP contribution in [0.3, 0.4) is 0 Å². The molecule has 8 heteroatoms. The Morgan fingerprint density at radius 2 is 2.06 bits per heavy atom. The Kier molecular flexibility index (Phi) is 6.55. The van der Waals surface area contributed by atoms with Crippen molar-refractivity contribution in [3.05, 3.63) is 71.5 Å². The van der Waals surface area contributed by atoms with Gasteiger partial charge in [-0.2, -0.15) is 5.10 Å². The maximum absolute atomic E-state index is 13.4. The van der Waals surface area contributed by atoms with Gasteiger partial charge in [-0.15, -0.1) is 0 Å². The van der Waals surface area contributed by atoms with Gasteiger partial charge in [0, 0.05) is 30.5 Å². The highest BCUT2D eigenvalue weighted by Gasteiger charge is 2.35. The summed E-state index contributed by atoms with van der Waals surface area (Å²) in [5.74, 6) is 0.192. The highest BCUT2D eigenvalue weighted by atomic mass is 16.5. The molecule has 0 radical (unpaired) electrons. The van der Waals surface area contributed by atoms with E-state index in [1.165, 1.54) is 7.11 Å². The SMILES string of the molecule is COC(=O)CC(c1cccc(OC)c1)N1Cc2cc(-c3cnn(C4CCCCO4)c3)ccc2C1=O. The molecule has 1 aromatic heterocycles. The number of rotatable bonds is 7. The first-order valence-electron chi connectivity index (χ1n) is 11.9. The third-order valence-electron chi connectivity index (χ3n) is 6.77. The molecule has 2 aliphatic heterocycles. The van der Waals surface area contributed by atoms with Crippen LogP contribution in [-0.2, 0) is 20.8 Å². The fourth-order valence-electron chi connectivity index (χ4n) is 4.85. The molecule has 0 bridgehead atoms. The highest BCUT2D eigenvalue weighted by Crippen LogP contribution is 2.36. The van der Waals surface area contributed by atoms with Crippen LogP contribution in [0.5, 0.6) is 5.75 Å². The third kappa shape index (κ3) is 4.66. The Morgan fingerprint density at radius 1 is 1.17 bits per heavy atom. The Bertz CT molecular complexity index is 1230. The smallest absolute Gasteiger partial charge is 0.307 e. The van der Waals surface area contributed by atoms with Crippen LogP contribution in [0.15, 0.2) is 54.9 Å². The van der Waals surface area contributed by atoms with Crippen LogP contribution in [0.2, 0.25) is 0 Å². The van der Waals surface area contributed by atoms with Crippen LogP contribution in [0.1, 0.15) is 59.4 Å². The topological polar surface area (TPSA) is 82.9 Å². The van der Waals surface area contributed by atoms with Gasteiger partial charge in [0.25, 0.3) is 5.91 Å². The molecule has 0 spiro atoms. The lowest BCUT2D eigenvalue weighted by molar-refractivity contribution is -0.141. The molecule has 1 saturated heterocycles. The number of amides is 1. The molecule has 2 aromatic carbocycles. The summed E-state index contributed by atoms with van der Waals surface area (Å²) in [5, 5.41) is 4.52. The van der Waals surface area contributed by atoms with Gasteiger partial charge in [-0.1, -0.05) is 18.2 Å². The van der Waals surface area contributed by atoms with Crippen molar-refractivity contribution in [1.82, 2.24) is 14.7 Å². The van der Waals surface area contributed by atoms with E-state index in [4.69, 9.17) is 14.2 Å². The molecule has 2 atom stereocenters. The van der Waals surface area contributed by atoms with Gasteiger partial charge in [0.1, 0.15) is 12.0 Å². The monoisotopic (exact) mass is 475 g/mol. The molecule has 1 amide bonds. The third-order valence-corrected chi connectivity index (χ3v) is 6.77. The Hall–Kier alpha value is -3.65. The van der Waals surface area contributed by atoms with Crippen LogP contribution in [0.4, 0.5) is 0 Å². The second-order valence-corrected chi connectivity index (χ2v) is 8.91. The number of nitrogens with zero attached hydrogens (tertiary/aromatic N) is 3. The first kappa shape index (κ1) is 23.1. The molecule has 2 unspecified atom stereocenters. The summed E-state index contributed by atoms with van der Waals surface area (Å²) >= 11 is 0. The summed E-state index contributed by atoms with van der Waals surface area (Å²) in [4.78, 5) is 27.4. The summed E-state index contributed by atoms with van der Waals surface area (Å²) in [7, 11) is 2.95. The quantitative estimate of drug-likeness (QED) is 0.468. The molecule has 1 fully saturated rings. The molecule has 0 aliphatic carbocycles. The normalized spacial score (nSPS) is 18.3. The van der Waals surface area contributed by atoms with E-state index in [-0.39, 0.29) is 24.5 Å². The minimum Gasteiger partial charge on any atom is -0.497 e. The molecular weight excluding hydrogens is 446 g/mol. The number of esters is 1. The first-order chi connectivity index (χ1) is 17.1.